The highest BCUT2D eigenvalue weighted by Gasteiger charge is 2.35. The average molecular weight is 659 g/mol. The summed E-state index contributed by atoms with van der Waals surface area (Å²) >= 11 is 0. The zero-order valence-corrected chi connectivity index (χ0v) is 26.3. The molecule has 0 heterocycles. The molecule has 0 atom stereocenters. The van der Waals surface area contributed by atoms with Gasteiger partial charge in [0, 0.05) is 11.1 Å². The second-order valence-corrected chi connectivity index (χ2v) is 14.8. The summed E-state index contributed by atoms with van der Waals surface area (Å²) in [5, 5.41) is 40.0. The topological polar surface area (TPSA) is 163 Å². The summed E-state index contributed by atoms with van der Waals surface area (Å²) in [6.07, 6.45) is 0. The molecule has 2 aliphatic rings. The number of fused-ring (bicyclic) bond motifs is 6. The molecule has 0 aliphatic heterocycles. The number of hydrogen-bond acceptors (Lipinski definition) is 8. The van der Waals surface area contributed by atoms with Gasteiger partial charge in [-0.15, -0.1) is 0 Å². The molecule has 0 N–H and O–H groups in total. The fourth-order valence-electron chi connectivity index (χ4n) is 6.30. The third-order valence-electron chi connectivity index (χ3n) is 8.47. The number of hydrogen-bond donors (Lipinski definition) is 0. The summed E-state index contributed by atoms with van der Waals surface area (Å²) in [4.78, 5) is 0.141. The van der Waals surface area contributed by atoms with E-state index in [9.17, 15) is 37.9 Å². The zero-order valence-electron chi connectivity index (χ0n) is 24.6. The monoisotopic (exact) mass is 658 g/mol. The molecule has 5 aromatic rings. The molecule has 0 radical (unpaired) electrons. The number of benzene rings is 5. The number of nitrogens with zero attached hydrogens (tertiary/aromatic N) is 4. The Balaban J connectivity index is 1.48. The van der Waals surface area contributed by atoms with E-state index in [0.717, 1.165) is 0 Å². The zero-order chi connectivity index (χ0) is 33.8. The molecule has 0 fully saturated rings. The third kappa shape index (κ3) is 4.37. The Labute approximate surface area is 276 Å². The van der Waals surface area contributed by atoms with Gasteiger partial charge >= 0.3 is 0 Å². The van der Waals surface area contributed by atoms with Crippen LogP contribution in [-0.2, 0) is 19.7 Å². The van der Waals surface area contributed by atoms with Crippen LogP contribution in [0.15, 0.2) is 140 Å². The first-order chi connectivity index (χ1) is 23.1. The van der Waals surface area contributed by atoms with Crippen molar-refractivity contribution in [1.29, 1.82) is 21.0 Å². The molecule has 5 aromatic carbocycles. The second kappa shape index (κ2) is 11.1. The Bertz CT molecular complexity index is 2500. The molecule has 226 valence electrons. The molecule has 2 aliphatic carbocycles. The van der Waals surface area contributed by atoms with Crippen LogP contribution in [-0.4, -0.2) is 16.8 Å². The van der Waals surface area contributed by atoms with Gasteiger partial charge < -0.3 is 0 Å². The largest absolute Gasteiger partial charge is 0.219 e. The van der Waals surface area contributed by atoms with Crippen molar-refractivity contribution in [2.45, 2.75) is 19.6 Å². The molecule has 10 heteroatoms. The average Bonchev–Trinajstić information content (AvgIpc) is 3.60. The summed E-state index contributed by atoms with van der Waals surface area (Å²) in [5.74, 6) is 0. The molecule has 0 aromatic heterocycles. The predicted molar refractivity (Wildman–Crippen MR) is 176 cm³/mol. The SMILES string of the molecule is N#CC(C#N)=C1c2cc(S(=O)(=O)c3ccccc3)ccc2-c2cc3c(cc21)C(=C(C#N)C#N)c1cc(S(=O)(=O)c2ccccc2)ccc1-3. The Hall–Kier alpha value is -6.56. The standard InChI is InChI=1S/C38H18N4O4S2/c39-19-23(20-40)37-33-15-27(47(43,44)25-7-3-1-4-8-25)11-13-29(33)31-17-32-30-14-12-28(48(45,46)26-9-5-2-6-10-26)16-34(30)38(24(21-41)22-42)36(32)18-35(31)37/h1-18H. The Morgan fingerprint density at radius 1 is 0.375 bits per heavy atom. The third-order valence-corrected chi connectivity index (χ3v) is 12.0. The minimum Gasteiger partial charge on any atom is -0.219 e. The fourth-order valence-corrected chi connectivity index (χ4v) is 8.91. The Morgan fingerprint density at radius 2 is 0.708 bits per heavy atom. The van der Waals surface area contributed by atoms with E-state index in [2.05, 4.69) is 0 Å². The van der Waals surface area contributed by atoms with Gasteiger partial charge in [-0.3, -0.25) is 0 Å². The van der Waals surface area contributed by atoms with E-state index < -0.39 is 19.7 Å². The van der Waals surface area contributed by atoms with Crippen LogP contribution in [0.4, 0.5) is 0 Å². The van der Waals surface area contributed by atoms with Gasteiger partial charge in [0.2, 0.25) is 19.7 Å². The lowest BCUT2D eigenvalue weighted by Crippen LogP contribution is -2.02. The van der Waals surface area contributed by atoms with Gasteiger partial charge in [-0.05, 0) is 105 Å². The Kier molecular flexibility index (Phi) is 6.93. The number of allylic oxidation sites excluding steroid dienone is 2. The van der Waals surface area contributed by atoms with Crippen LogP contribution < -0.4 is 0 Å². The first kappa shape index (κ1) is 30.1. The van der Waals surface area contributed by atoms with Gasteiger partial charge in [0.05, 0.1) is 19.6 Å². The van der Waals surface area contributed by atoms with Crippen molar-refractivity contribution < 1.29 is 16.8 Å². The highest BCUT2D eigenvalue weighted by molar-refractivity contribution is 7.91. The van der Waals surface area contributed by atoms with Crippen LogP contribution in [0.2, 0.25) is 0 Å². The predicted octanol–water partition coefficient (Wildman–Crippen LogP) is 7.01. The summed E-state index contributed by atoms with van der Waals surface area (Å²) in [7, 11) is -7.88. The maximum absolute atomic E-state index is 13.5. The molecule has 48 heavy (non-hydrogen) atoms. The maximum Gasteiger partial charge on any atom is 0.206 e. The minimum absolute atomic E-state index is 0.0186. The summed E-state index contributed by atoms with van der Waals surface area (Å²) in [5.41, 5.74) is 3.95. The van der Waals surface area contributed by atoms with Crippen molar-refractivity contribution in [2.75, 3.05) is 0 Å². The Morgan fingerprint density at radius 3 is 1.06 bits per heavy atom. The lowest BCUT2D eigenvalue weighted by Gasteiger charge is -2.09. The molecule has 0 spiro atoms. The molecule has 0 bridgehead atoms. The molecule has 0 unspecified atom stereocenters. The van der Waals surface area contributed by atoms with Gasteiger partial charge in [-0.1, -0.05) is 48.5 Å². The molecule has 0 saturated carbocycles. The van der Waals surface area contributed by atoms with Gasteiger partial charge in [0.25, 0.3) is 0 Å². The van der Waals surface area contributed by atoms with Gasteiger partial charge in [-0.25, -0.2) is 16.8 Å². The lowest BCUT2D eigenvalue weighted by atomic mass is 9.93. The lowest BCUT2D eigenvalue weighted by molar-refractivity contribution is 0.594. The first-order valence-electron chi connectivity index (χ1n) is 14.3. The highest BCUT2D eigenvalue weighted by Crippen LogP contribution is 2.54. The quantitative estimate of drug-likeness (QED) is 0.182. The van der Waals surface area contributed by atoms with E-state index in [-0.39, 0.29) is 41.9 Å². The van der Waals surface area contributed by atoms with E-state index in [1.54, 1.807) is 60.7 Å². The molecule has 0 amide bonds. The van der Waals surface area contributed by atoms with E-state index in [1.165, 1.54) is 48.5 Å². The fraction of sp³-hybridized carbons (Fsp3) is 0. The second-order valence-electron chi connectivity index (χ2n) is 10.9. The van der Waals surface area contributed by atoms with Crippen LogP contribution in [0.25, 0.3) is 33.4 Å². The van der Waals surface area contributed by atoms with Crippen molar-refractivity contribution in [2.24, 2.45) is 0 Å². The van der Waals surface area contributed by atoms with Crippen molar-refractivity contribution in [1.82, 2.24) is 0 Å². The van der Waals surface area contributed by atoms with E-state index >= 15 is 0 Å². The van der Waals surface area contributed by atoms with Crippen molar-refractivity contribution in [3.63, 3.8) is 0 Å². The molecule has 0 saturated heterocycles. The van der Waals surface area contributed by atoms with Crippen molar-refractivity contribution in [3.8, 4) is 46.5 Å². The molecule has 8 nitrogen and oxygen atoms in total. The number of nitriles is 4. The molecular weight excluding hydrogens is 641 g/mol. The normalized spacial score (nSPS) is 12.3. The van der Waals surface area contributed by atoms with Crippen molar-refractivity contribution in [3.05, 3.63) is 143 Å². The van der Waals surface area contributed by atoms with Crippen LogP contribution in [0.3, 0.4) is 0 Å². The minimum atomic E-state index is -3.94. The number of rotatable bonds is 4. The summed E-state index contributed by atoms with van der Waals surface area (Å²) in [6.45, 7) is 0. The molecule has 7 rings (SSSR count). The van der Waals surface area contributed by atoms with Gasteiger partial charge in [0.15, 0.2) is 0 Å². The van der Waals surface area contributed by atoms with Crippen LogP contribution in [0, 0.1) is 45.3 Å². The van der Waals surface area contributed by atoms with E-state index in [0.29, 0.717) is 44.5 Å². The van der Waals surface area contributed by atoms with Crippen molar-refractivity contribution >= 4 is 30.8 Å². The first-order valence-corrected chi connectivity index (χ1v) is 17.3. The maximum atomic E-state index is 13.5. The van der Waals surface area contributed by atoms with E-state index in [4.69, 9.17) is 0 Å². The number of sulfone groups is 2. The van der Waals surface area contributed by atoms with Gasteiger partial charge in [0.1, 0.15) is 35.4 Å². The molecular formula is C38H18N4O4S2. The van der Waals surface area contributed by atoms with Crippen LogP contribution in [0.1, 0.15) is 22.3 Å². The van der Waals surface area contributed by atoms with Crippen LogP contribution >= 0.6 is 0 Å². The van der Waals surface area contributed by atoms with Crippen LogP contribution in [0.5, 0.6) is 0 Å². The smallest absolute Gasteiger partial charge is 0.206 e. The van der Waals surface area contributed by atoms with Gasteiger partial charge in [-0.2, -0.15) is 21.0 Å². The van der Waals surface area contributed by atoms with E-state index in [1.807, 2.05) is 24.3 Å². The summed E-state index contributed by atoms with van der Waals surface area (Å²) < 4.78 is 54.2. The highest BCUT2D eigenvalue weighted by atomic mass is 32.2. The summed E-state index contributed by atoms with van der Waals surface area (Å²) in [6, 6.07) is 36.1.